The third kappa shape index (κ3) is 2.42. The van der Waals surface area contributed by atoms with Crippen LogP contribution in [-0.2, 0) is 4.79 Å². The molecule has 0 aromatic heterocycles. The minimum absolute atomic E-state index is 0.0968. The minimum atomic E-state index is -0.896. The van der Waals surface area contributed by atoms with Crippen molar-refractivity contribution in [2.45, 2.75) is 25.8 Å². The summed E-state index contributed by atoms with van der Waals surface area (Å²) in [7, 11) is 0. The average molecular weight is 261 g/mol. The van der Waals surface area contributed by atoms with Crippen LogP contribution in [0.5, 0.6) is 5.75 Å². The highest BCUT2D eigenvalue weighted by Gasteiger charge is 2.46. The van der Waals surface area contributed by atoms with Crippen LogP contribution >= 0.6 is 0 Å². The van der Waals surface area contributed by atoms with Crippen LogP contribution in [0.1, 0.15) is 25.8 Å². The van der Waals surface area contributed by atoms with Gasteiger partial charge in [0.15, 0.2) is 0 Å². The summed E-state index contributed by atoms with van der Waals surface area (Å²) in [5, 5.41) is 16.6. The van der Waals surface area contributed by atoms with E-state index in [1.807, 2.05) is 6.92 Å². The van der Waals surface area contributed by atoms with Crippen LogP contribution in [0.4, 0.5) is 4.79 Å². The summed E-state index contributed by atoms with van der Waals surface area (Å²) >= 11 is 0. The van der Waals surface area contributed by atoms with Gasteiger partial charge in [0.1, 0.15) is 11.3 Å². The minimum Gasteiger partial charge on any atom is -0.508 e. The summed E-state index contributed by atoms with van der Waals surface area (Å²) in [6.07, 6.45) is 1.86. The van der Waals surface area contributed by atoms with Crippen molar-refractivity contribution in [1.82, 2.24) is 10.3 Å². The van der Waals surface area contributed by atoms with Crippen molar-refractivity contribution in [3.8, 4) is 5.75 Å². The van der Waals surface area contributed by atoms with Crippen LogP contribution in [0.2, 0.25) is 0 Å². The van der Waals surface area contributed by atoms with Gasteiger partial charge in [-0.1, -0.05) is 19.1 Å². The average Bonchev–Trinajstić information content (AvgIpc) is 2.59. The number of hydrogen-bond acceptors (Lipinski definition) is 4. The summed E-state index contributed by atoms with van der Waals surface area (Å²) in [5.74, 6) is -0.282. The van der Waals surface area contributed by atoms with Gasteiger partial charge in [0.05, 0.1) is 6.21 Å². The van der Waals surface area contributed by atoms with E-state index in [1.165, 1.54) is 18.3 Å². The molecule has 0 bridgehead atoms. The molecule has 1 aliphatic rings. The van der Waals surface area contributed by atoms with Crippen molar-refractivity contribution >= 4 is 18.2 Å². The lowest BCUT2D eigenvalue weighted by Crippen LogP contribution is -2.42. The summed E-state index contributed by atoms with van der Waals surface area (Å²) in [5.41, 5.74) is -0.293. The molecule has 1 fully saturated rings. The molecule has 2 N–H and O–H groups in total. The Labute approximate surface area is 110 Å². The van der Waals surface area contributed by atoms with E-state index >= 15 is 0 Å². The monoisotopic (exact) mass is 261 g/mol. The van der Waals surface area contributed by atoms with E-state index in [-0.39, 0.29) is 11.7 Å². The molecular formula is C13H15N3O3. The van der Waals surface area contributed by atoms with Gasteiger partial charge >= 0.3 is 6.03 Å². The van der Waals surface area contributed by atoms with Gasteiger partial charge < -0.3 is 10.4 Å². The number of amides is 3. The number of benzene rings is 1. The lowest BCUT2D eigenvalue weighted by Gasteiger charge is -2.17. The molecule has 1 heterocycles. The van der Waals surface area contributed by atoms with Crippen molar-refractivity contribution in [3.63, 3.8) is 0 Å². The van der Waals surface area contributed by atoms with Crippen LogP contribution in [0, 0.1) is 0 Å². The zero-order chi connectivity index (χ0) is 14.0. The van der Waals surface area contributed by atoms with Crippen LogP contribution < -0.4 is 5.32 Å². The van der Waals surface area contributed by atoms with Crippen molar-refractivity contribution in [1.29, 1.82) is 0 Å². The van der Waals surface area contributed by atoms with Gasteiger partial charge in [-0.15, -0.1) is 5.01 Å². The first-order valence-electron chi connectivity index (χ1n) is 5.96. The Balaban J connectivity index is 2.20. The van der Waals surface area contributed by atoms with Crippen LogP contribution in [0.3, 0.4) is 0 Å². The van der Waals surface area contributed by atoms with Gasteiger partial charge in [0.2, 0.25) is 0 Å². The Morgan fingerprint density at radius 1 is 1.47 bits per heavy atom. The highest BCUT2D eigenvalue weighted by Crippen LogP contribution is 2.21. The van der Waals surface area contributed by atoms with Gasteiger partial charge in [0.25, 0.3) is 5.91 Å². The molecule has 1 atom stereocenters. The first-order valence-corrected chi connectivity index (χ1v) is 5.96. The SMILES string of the molecule is CCC1(C)NC(=O)N(N=Cc2cccc(O)c2)C1=O. The summed E-state index contributed by atoms with van der Waals surface area (Å²) < 4.78 is 0. The number of carbonyl (C=O) groups excluding carboxylic acids is 2. The Morgan fingerprint density at radius 3 is 2.79 bits per heavy atom. The molecule has 1 saturated heterocycles. The molecule has 0 aliphatic carbocycles. The highest BCUT2D eigenvalue weighted by atomic mass is 16.3. The highest BCUT2D eigenvalue weighted by molar-refractivity contribution is 6.07. The van der Waals surface area contributed by atoms with E-state index in [9.17, 15) is 14.7 Å². The standard InChI is InChI=1S/C13H15N3O3/c1-3-13(2)11(18)16(12(19)15-13)14-8-9-5-4-6-10(17)7-9/h4-8,17H,3H2,1-2H3,(H,15,19). The molecule has 0 radical (unpaired) electrons. The lowest BCUT2D eigenvalue weighted by molar-refractivity contribution is -0.130. The van der Waals surface area contributed by atoms with Crippen molar-refractivity contribution in [2.24, 2.45) is 5.10 Å². The molecule has 1 aliphatic heterocycles. The number of hydrazone groups is 1. The second-order valence-electron chi connectivity index (χ2n) is 4.57. The number of nitrogens with zero attached hydrogens (tertiary/aromatic N) is 2. The Hall–Kier alpha value is -2.37. The number of hydrogen-bond donors (Lipinski definition) is 2. The number of imide groups is 1. The summed E-state index contributed by atoms with van der Waals surface area (Å²) in [4.78, 5) is 23.7. The predicted molar refractivity (Wildman–Crippen MR) is 69.8 cm³/mol. The maximum atomic E-state index is 12.0. The van der Waals surface area contributed by atoms with Gasteiger partial charge in [-0.3, -0.25) is 4.79 Å². The molecular weight excluding hydrogens is 246 g/mol. The van der Waals surface area contributed by atoms with E-state index in [0.29, 0.717) is 12.0 Å². The van der Waals surface area contributed by atoms with Gasteiger partial charge in [-0.2, -0.15) is 5.10 Å². The number of phenolic OH excluding ortho intramolecular Hbond substituents is 1. The number of urea groups is 1. The maximum absolute atomic E-state index is 12.0. The number of carbonyl (C=O) groups is 2. The molecule has 0 spiro atoms. The van der Waals surface area contributed by atoms with Crippen molar-refractivity contribution in [3.05, 3.63) is 29.8 Å². The smallest absolute Gasteiger partial charge is 0.346 e. The van der Waals surface area contributed by atoms with E-state index in [1.54, 1.807) is 19.1 Å². The molecule has 6 nitrogen and oxygen atoms in total. The molecule has 3 amide bonds. The summed E-state index contributed by atoms with van der Waals surface area (Å²) in [6, 6.07) is 5.84. The number of nitrogens with one attached hydrogen (secondary N) is 1. The second-order valence-corrected chi connectivity index (χ2v) is 4.57. The van der Waals surface area contributed by atoms with Crippen LogP contribution in [-0.4, -0.2) is 33.8 Å². The van der Waals surface area contributed by atoms with E-state index in [4.69, 9.17) is 0 Å². The molecule has 2 rings (SSSR count). The maximum Gasteiger partial charge on any atom is 0.346 e. The quantitative estimate of drug-likeness (QED) is 0.638. The van der Waals surface area contributed by atoms with Gasteiger partial charge in [0, 0.05) is 0 Å². The van der Waals surface area contributed by atoms with Crippen LogP contribution in [0.15, 0.2) is 29.4 Å². The summed E-state index contributed by atoms with van der Waals surface area (Å²) in [6.45, 7) is 3.48. The van der Waals surface area contributed by atoms with Gasteiger partial charge in [-0.05, 0) is 31.0 Å². The first kappa shape index (κ1) is 13.1. The number of phenols is 1. The van der Waals surface area contributed by atoms with Crippen molar-refractivity contribution in [2.75, 3.05) is 0 Å². The second kappa shape index (κ2) is 4.72. The Kier molecular flexibility index (Phi) is 3.25. The largest absolute Gasteiger partial charge is 0.508 e. The third-order valence-electron chi connectivity index (χ3n) is 3.14. The van der Waals surface area contributed by atoms with Gasteiger partial charge in [-0.25, -0.2) is 4.79 Å². The number of aromatic hydroxyl groups is 1. The van der Waals surface area contributed by atoms with E-state index in [2.05, 4.69) is 10.4 Å². The zero-order valence-corrected chi connectivity index (χ0v) is 10.8. The topological polar surface area (TPSA) is 82.0 Å². The zero-order valence-electron chi connectivity index (χ0n) is 10.8. The fourth-order valence-electron chi connectivity index (χ4n) is 1.74. The fourth-order valence-corrected chi connectivity index (χ4v) is 1.74. The van der Waals surface area contributed by atoms with Crippen LogP contribution in [0.25, 0.3) is 0 Å². The third-order valence-corrected chi connectivity index (χ3v) is 3.14. The molecule has 1 aromatic rings. The van der Waals surface area contributed by atoms with E-state index < -0.39 is 11.6 Å². The Bertz CT molecular complexity index is 556. The molecule has 19 heavy (non-hydrogen) atoms. The molecule has 1 aromatic carbocycles. The predicted octanol–water partition coefficient (Wildman–Crippen LogP) is 1.45. The number of rotatable bonds is 3. The van der Waals surface area contributed by atoms with E-state index in [0.717, 1.165) is 5.01 Å². The molecule has 1 unspecified atom stereocenters. The lowest BCUT2D eigenvalue weighted by atomic mass is 10.00. The Morgan fingerprint density at radius 2 is 2.21 bits per heavy atom. The normalized spacial score (nSPS) is 23.2. The molecule has 100 valence electrons. The fraction of sp³-hybridized carbons (Fsp3) is 0.308. The van der Waals surface area contributed by atoms with Crippen molar-refractivity contribution < 1.29 is 14.7 Å². The first-order chi connectivity index (χ1) is 8.96. The molecule has 0 saturated carbocycles. The molecule has 6 heteroatoms.